The van der Waals surface area contributed by atoms with E-state index in [2.05, 4.69) is 85.9 Å². The Morgan fingerprint density at radius 3 is 1.44 bits per heavy atom. The monoisotopic (exact) mass is 500 g/mol. The summed E-state index contributed by atoms with van der Waals surface area (Å²) in [5, 5.41) is 4.75. The second-order valence-electron chi connectivity index (χ2n) is 7.21. The van der Waals surface area contributed by atoms with Crippen LogP contribution in [-0.4, -0.2) is 51.9 Å². The molecule has 0 N–H and O–H groups in total. The van der Waals surface area contributed by atoms with E-state index in [0.29, 0.717) is 29.9 Å². The molecule has 2 aliphatic rings. The van der Waals surface area contributed by atoms with Gasteiger partial charge in [-0.15, -0.1) is 0 Å². The molecule has 2 aromatic carbocycles. The van der Waals surface area contributed by atoms with Crippen molar-refractivity contribution in [2.75, 3.05) is 11.5 Å². The minimum atomic E-state index is 0.0791. The van der Waals surface area contributed by atoms with Crippen LogP contribution in [0.3, 0.4) is 0 Å². The van der Waals surface area contributed by atoms with Gasteiger partial charge in [0.2, 0.25) is 0 Å². The van der Waals surface area contributed by atoms with Gasteiger partial charge >= 0.3 is 174 Å². The number of thioether (sulfide) groups is 2. The van der Waals surface area contributed by atoms with Crippen LogP contribution in [-0.2, 0) is 5.41 Å². The molecule has 4 heteroatoms. The summed E-state index contributed by atoms with van der Waals surface area (Å²) < 4.78 is 3.10. The van der Waals surface area contributed by atoms with Gasteiger partial charge in [0.15, 0.2) is 0 Å². The third-order valence-corrected chi connectivity index (χ3v) is 12.7. The Labute approximate surface area is 173 Å². The molecule has 25 heavy (non-hydrogen) atoms. The molecule has 0 amide bonds. The summed E-state index contributed by atoms with van der Waals surface area (Å²) in [5.41, 5.74) is 2.94. The van der Waals surface area contributed by atoms with Crippen molar-refractivity contribution in [3.63, 3.8) is 0 Å². The van der Waals surface area contributed by atoms with Crippen molar-refractivity contribution in [3.05, 3.63) is 59.7 Å². The van der Waals surface area contributed by atoms with Crippen LogP contribution in [0.1, 0.15) is 25.0 Å². The van der Waals surface area contributed by atoms with E-state index in [9.17, 15) is 0 Å². The molecule has 2 atom stereocenters. The van der Waals surface area contributed by atoms with Gasteiger partial charge < -0.3 is 0 Å². The molecule has 0 nitrogen and oxygen atoms in total. The van der Waals surface area contributed by atoms with Gasteiger partial charge in [0.1, 0.15) is 0 Å². The van der Waals surface area contributed by atoms with E-state index < -0.39 is 0 Å². The SMILES string of the molecule is CC(C)(c1ccc([Se]CC2CS2)cc1)c1ccc([Se]CC2CS2)cc1. The summed E-state index contributed by atoms with van der Waals surface area (Å²) in [4.78, 5) is 0. The van der Waals surface area contributed by atoms with E-state index in [4.69, 9.17) is 0 Å². The third kappa shape index (κ3) is 5.12. The van der Waals surface area contributed by atoms with Crippen molar-refractivity contribution >= 4 is 62.4 Å². The fourth-order valence-corrected chi connectivity index (χ4v) is 9.56. The fraction of sp³-hybridized carbons (Fsp3) is 0.429. The van der Waals surface area contributed by atoms with Gasteiger partial charge in [0, 0.05) is 0 Å². The molecular formula is C21H24S2Se2. The van der Waals surface area contributed by atoms with Crippen molar-refractivity contribution in [2.45, 2.75) is 40.4 Å². The van der Waals surface area contributed by atoms with Crippen molar-refractivity contribution in [1.29, 1.82) is 0 Å². The predicted molar refractivity (Wildman–Crippen MR) is 118 cm³/mol. The van der Waals surface area contributed by atoms with E-state index in [1.54, 1.807) is 8.92 Å². The molecule has 2 aliphatic heterocycles. The van der Waals surface area contributed by atoms with Gasteiger partial charge in [-0.1, -0.05) is 0 Å². The Morgan fingerprint density at radius 1 is 0.760 bits per heavy atom. The van der Waals surface area contributed by atoms with Gasteiger partial charge in [-0.25, -0.2) is 0 Å². The number of hydrogen-bond donors (Lipinski definition) is 0. The van der Waals surface area contributed by atoms with Crippen LogP contribution in [0, 0.1) is 0 Å². The van der Waals surface area contributed by atoms with Crippen molar-refractivity contribution < 1.29 is 0 Å². The Hall–Kier alpha value is 0.179. The zero-order valence-electron chi connectivity index (χ0n) is 14.7. The van der Waals surface area contributed by atoms with Crippen molar-refractivity contribution in [1.82, 2.24) is 0 Å². The molecule has 2 fully saturated rings. The Morgan fingerprint density at radius 2 is 1.12 bits per heavy atom. The minimum absolute atomic E-state index is 0.0791. The summed E-state index contributed by atoms with van der Waals surface area (Å²) in [6.45, 7) is 4.71. The molecule has 0 aromatic heterocycles. The maximum absolute atomic E-state index is 2.37. The fourth-order valence-electron chi connectivity index (χ4n) is 2.81. The summed E-state index contributed by atoms with van der Waals surface area (Å²) >= 11 is 5.54. The van der Waals surface area contributed by atoms with Gasteiger partial charge in [0.05, 0.1) is 0 Å². The molecule has 0 radical (unpaired) electrons. The second kappa shape index (κ2) is 8.05. The van der Waals surface area contributed by atoms with Crippen LogP contribution in [0.4, 0.5) is 0 Å². The predicted octanol–water partition coefficient (Wildman–Crippen LogP) is 3.74. The summed E-state index contributed by atoms with van der Waals surface area (Å²) in [7, 11) is 0. The zero-order valence-corrected chi connectivity index (χ0v) is 19.8. The van der Waals surface area contributed by atoms with E-state index in [1.807, 2.05) is 0 Å². The quantitative estimate of drug-likeness (QED) is 0.402. The summed E-state index contributed by atoms with van der Waals surface area (Å²) in [6, 6.07) is 18.9. The zero-order chi connectivity index (χ0) is 17.3. The first-order valence-electron chi connectivity index (χ1n) is 8.81. The van der Waals surface area contributed by atoms with Crippen LogP contribution in [0.5, 0.6) is 0 Å². The molecule has 2 unspecified atom stereocenters. The number of benzene rings is 2. The van der Waals surface area contributed by atoms with Crippen LogP contribution < -0.4 is 8.92 Å². The maximum atomic E-state index is 2.37. The molecular weight excluding hydrogens is 474 g/mol. The van der Waals surface area contributed by atoms with Gasteiger partial charge in [-0.3, -0.25) is 0 Å². The van der Waals surface area contributed by atoms with Crippen LogP contribution >= 0.6 is 23.5 Å². The number of rotatable bonds is 8. The topological polar surface area (TPSA) is 0 Å². The van der Waals surface area contributed by atoms with Crippen LogP contribution in [0.2, 0.25) is 10.6 Å². The van der Waals surface area contributed by atoms with Gasteiger partial charge in [-0.2, -0.15) is 0 Å². The van der Waals surface area contributed by atoms with Gasteiger partial charge in [0.25, 0.3) is 0 Å². The first-order valence-corrected chi connectivity index (χ1v) is 15.0. The Balaban J connectivity index is 1.41. The third-order valence-electron chi connectivity index (χ3n) is 4.83. The van der Waals surface area contributed by atoms with Gasteiger partial charge in [-0.05, 0) is 0 Å². The Kier molecular flexibility index (Phi) is 5.97. The van der Waals surface area contributed by atoms with E-state index in [1.165, 1.54) is 33.3 Å². The average Bonchev–Trinajstić information content (AvgIpc) is 3.54. The van der Waals surface area contributed by atoms with E-state index >= 15 is 0 Å². The molecule has 2 aromatic rings. The molecule has 0 aliphatic carbocycles. The first-order chi connectivity index (χ1) is 12.1. The molecule has 0 bridgehead atoms. The van der Waals surface area contributed by atoms with Crippen molar-refractivity contribution in [2.24, 2.45) is 0 Å². The molecule has 0 spiro atoms. The summed E-state index contributed by atoms with van der Waals surface area (Å²) in [5.74, 6) is 2.78. The van der Waals surface area contributed by atoms with E-state index in [-0.39, 0.29) is 5.41 Å². The summed E-state index contributed by atoms with van der Waals surface area (Å²) in [6.07, 6.45) is 0. The first kappa shape index (κ1) is 18.5. The standard InChI is InChI=1S/C21H24S2Se2/c1-21(2,15-3-7-19(8-4-15)24-13-17-11-22-17)16-5-9-20(10-6-16)25-14-18-12-23-18/h3-10,17-18H,11-14H2,1-2H3. The van der Waals surface area contributed by atoms with E-state index in [0.717, 1.165) is 10.5 Å². The molecule has 0 saturated carbocycles. The Bertz CT molecular complexity index is 640. The number of hydrogen-bond acceptors (Lipinski definition) is 2. The molecule has 2 saturated heterocycles. The van der Waals surface area contributed by atoms with Crippen LogP contribution in [0.25, 0.3) is 0 Å². The average molecular weight is 498 g/mol. The normalized spacial score (nSPS) is 22.0. The van der Waals surface area contributed by atoms with Crippen LogP contribution in [0.15, 0.2) is 48.5 Å². The molecule has 2 heterocycles. The molecule has 132 valence electrons. The second-order valence-corrected chi connectivity index (χ2v) is 14.5. The van der Waals surface area contributed by atoms with Crippen molar-refractivity contribution in [3.8, 4) is 0 Å². The molecule has 4 rings (SSSR count).